The molecule has 0 radical (unpaired) electrons. The Bertz CT molecular complexity index is 81.0. The molecule has 10 heavy (non-hydrogen) atoms. The van der Waals surface area contributed by atoms with Gasteiger partial charge in [-0.25, -0.2) is 0 Å². The van der Waals surface area contributed by atoms with Crippen LogP contribution in [0.15, 0.2) is 0 Å². The fourth-order valence-corrected chi connectivity index (χ4v) is 0. The molecule has 0 rings (SSSR count). The molecule has 0 atom stereocenters. The van der Waals surface area contributed by atoms with E-state index in [1.54, 1.807) is 0 Å². The summed E-state index contributed by atoms with van der Waals surface area (Å²) in [5.74, 6) is 0. The second-order valence-corrected chi connectivity index (χ2v) is 2.92. The van der Waals surface area contributed by atoms with Gasteiger partial charge in [-0.05, 0) is 0 Å². The number of nitrogens with zero attached hydrogens (tertiary/aromatic N) is 2. The Morgan fingerprint density at radius 1 is 1.30 bits per heavy atom. The quantitative estimate of drug-likeness (QED) is 0.229. The molecule has 0 saturated heterocycles. The van der Waals surface area contributed by atoms with Crippen molar-refractivity contribution in [1.29, 1.82) is 0 Å². The van der Waals surface area contributed by atoms with Gasteiger partial charge in [-0.1, -0.05) is 0 Å². The van der Waals surface area contributed by atoms with Crippen molar-refractivity contribution in [2.45, 2.75) is 0 Å². The second kappa shape index (κ2) is 6.81. The summed E-state index contributed by atoms with van der Waals surface area (Å²) in [6, 6.07) is 0. The van der Waals surface area contributed by atoms with Crippen molar-refractivity contribution in [1.82, 2.24) is 0 Å². The first-order chi connectivity index (χ1) is 3.73. The molecular weight excluding hydrogens is 151 g/mol. The summed E-state index contributed by atoms with van der Waals surface area (Å²) in [6.45, 7) is 0. The molecule has 0 amide bonds. The van der Waals surface area contributed by atoms with Crippen LogP contribution in [0, 0.1) is 10.1 Å². The fourth-order valence-electron chi connectivity index (χ4n) is 0. The molecule has 56 valence electrons. The first kappa shape index (κ1) is 16.4. The predicted octanol–water partition coefficient (Wildman–Crippen LogP) is -0.406. The molecule has 0 bridgehead atoms. The molecule has 0 aromatic rings. The molecule has 6 heteroatoms. The number of rotatable bonds is 0. The van der Waals surface area contributed by atoms with Crippen LogP contribution >= 0.6 is 0 Å². The molecule has 0 unspecified atom stereocenters. The smallest absolute Gasteiger partial charge is 0.333 e. The average molecular weight is 164 g/mol. The Kier molecular flexibility index (Phi) is 11.1. The van der Waals surface area contributed by atoms with E-state index in [0.717, 1.165) is 4.48 Å². The van der Waals surface area contributed by atoms with E-state index in [2.05, 4.69) is 28.2 Å². The van der Waals surface area contributed by atoms with Crippen LogP contribution in [0.2, 0.25) is 0 Å². The third-order valence-electron chi connectivity index (χ3n) is 0. The summed E-state index contributed by atoms with van der Waals surface area (Å²) >= 11 is 0. The molecule has 0 aliphatic rings. The molecule has 0 aromatic carbocycles. The largest absolute Gasteiger partial charge is 3.00 e. The van der Waals surface area contributed by atoms with Crippen molar-refractivity contribution in [3.63, 3.8) is 0 Å². The van der Waals surface area contributed by atoms with Crippen molar-refractivity contribution < 1.29 is 14.8 Å². The Morgan fingerprint density at radius 3 is 1.30 bits per heavy atom. The van der Waals surface area contributed by atoms with Gasteiger partial charge in [0.2, 0.25) is 0 Å². The summed E-state index contributed by atoms with van der Waals surface area (Å²) < 4.78 is 1.00. The molecule has 0 aliphatic carbocycles. The third-order valence-corrected chi connectivity index (χ3v) is 0. The van der Waals surface area contributed by atoms with Crippen LogP contribution in [0.1, 0.15) is 0 Å². The molecule has 5 nitrogen and oxygen atoms in total. The summed E-state index contributed by atoms with van der Waals surface area (Å²) in [5, 5.41) is 13.6. The average Bonchev–Trinajstić information content (AvgIpc) is 1.19. The maximum absolute atomic E-state index is 8.36. The number of quaternary nitrogens is 1. The van der Waals surface area contributed by atoms with Gasteiger partial charge < -0.3 is 9.69 Å². The molecule has 0 aliphatic heterocycles. The third kappa shape index (κ3) is 3640. The van der Waals surface area contributed by atoms with Gasteiger partial charge in [0, 0.05) is 0 Å². The summed E-state index contributed by atoms with van der Waals surface area (Å²) in [5.41, 5.74) is 0. The van der Waals surface area contributed by atoms with Gasteiger partial charge in [0.15, 0.2) is 0 Å². The van der Waals surface area contributed by atoms with Gasteiger partial charge in [0.25, 0.3) is 5.09 Å². The molecule has 0 spiro atoms. The van der Waals surface area contributed by atoms with E-state index in [-0.39, 0.29) is 17.4 Å². The maximum atomic E-state index is 8.36. The van der Waals surface area contributed by atoms with Crippen LogP contribution in [-0.4, -0.2) is 60.3 Å². The standard InChI is InChI=1S/C4H12N.Al.HNO3/c1-5(2,3)4;;2-1(3)4/h1-4H3;;(H,2,3,4)/q+1;+3;. The van der Waals surface area contributed by atoms with E-state index >= 15 is 0 Å². The SMILES string of the molecule is C[N+](C)(C)C.O=[N+]([O-])O.[Al+3]. The van der Waals surface area contributed by atoms with Crippen LogP contribution in [0.4, 0.5) is 0 Å². The van der Waals surface area contributed by atoms with Crippen LogP contribution in [0.25, 0.3) is 0 Å². The van der Waals surface area contributed by atoms with E-state index in [1.165, 1.54) is 0 Å². The molecule has 0 heterocycles. The molecular formula is C4H13AlN2O3+4. The van der Waals surface area contributed by atoms with Crippen molar-refractivity contribution in [3.05, 3.63) is 10.1 Å². The Hall–Kier alpha value is -0.308. The summed E-state index contributed by atoms with van der Waals surface area (Å²) in [6.07, 6.45) is 0. The topological polar surface area (TPSA) is 63.4 Å². The Morgan fingerprint density at radius 2 is 1.30 bits per heavy atom. The van der Waals surface area contributed by atoms with Crippen molar-refractivity contribution in [2.75, 3.05) is 28.2 Å². The Balaban J connectivity index is -0.0000000910. The van der Waals surface area contributed by atoms with Crippen molar-refractivity contribution in [2.24, 2.45) is 0 Å². The van der Waals surface area contributed by atoms with Gasteiger partial charge >= 0.3 is 17.4 Å². The van der Waals surface area contributed by atoms with E-state index in [0.29, 0.717) is 0 Å². The van der Waals surface area contributed by atoms with E-state index in [1.807, 2.05) is 0 Å². The van der Waals surface area contributed by atoms with E-state index < -0.39 is 5.09 Å². The maximum Gasteiger partial charge on any atom is 3.00 e. The van der Waals surface area contributed by atoms with Crippen LogP contribution < -0.4 is 0 Å². The van der Waals surface area contributed by atoms with E-state index in [9.17, 15) is 0 Å². The van der Waals surface area contributed by atoms with Gasteiger partial charge in [-0.2, -0.15) is 0 Å². The van der Waals surface area contributed by atoms with Crippen molar-refractivity contribution in [3.8, 4) is 0 Å². The minimum absolute atomic E-state index is 0. The molecule has 0 fully saturated rings. The Labute approximate surface area is 71.1 Å². The summed E-state index contributed by atoms with van der Waals surface area (Å²) in [7, 11) is 8.50. The van der Waals surface area contributed by atoms with E-state index in [4.69, 9.17) is 15.3 Å². The minimum Gasteiger partial charge on any atom is -0.333 e. The predicted molar refractivity (Wildman–Crippen MR) is 38.5 cm³/mol. The van der Waals surface area contributed by atoms with Gasteiger partial charge in [0.05, 0.1) is 28.2 Å². The van der Waals surface area contributed by atoms with Crippen LogP contribution in [-0.2, 0) is 0 Å². The minimum atomic E-state index is -1.50. The zero-order valence-corrected chi connectivity index (χ0v) is 7.89. The van der Waals surface area contributed by atoms with Gasteiger partial charge in [0.1, 0.15) is 0 Å². The van der Waals surface area contributed by atoms with Crippen LogP contribution in [0.5, 0.6) is 0 Å². The van der Waals surface area contributed by atoms with Gasteiger partial charge in [-0.3, -0.25) is 0 Å². The molecule has 0 aromatic heterocycles. The van der Waals surface area contributed by atoms with Crippen LogP contribution in [0.3, 0.4) is 0 Å². The molecule has 0 saturated carbocycles. The molecule has 1 N–H and O–H groups in total. The zero-order chi connectivity index (χ0) is 8.08. The first-order valence-corrected chi connectivity index (χ1v) is 2.35. The number of hydrogen-bond acceptors (Lipinski definition) is 2. The normalized spacial score (nSPS) is 8.40. The first-order valence-electron chi connectivity index (χ1n) is 2.35. The fraction of sp³-hybridized carbons (Fsp3) is 1.00. The summed E-state index contributed by atoms with van der Waals surface area (Å²) in [4.78, 5) is 8.36. The number of hydrogen-bond donors (Lipinski definition) is 1. The second-order valence-electron chi connectivity index (χ2n) is 2.92. The zero-order valence-electron chi connectivity index (χ0n) is 6.74. The monoisotopic (exact) mass is 164 g/mol. The van der Waals surface area contributed by atoms with Gasteiger partial charge in [-0.15, -0.1) is 10.1 Å². The van der Waals surface area contributed by atoms with Crippen molar-refractivity contribution >= 4 is 17.4 Å².